The second kappa shape index (κ2) is 5.13. The summed E-state index contributed by atoms with van der Waals surface area (Å²) in [4.78, 5) is 16.0. The molecule has 1 heterocycles. The molecule has 0 saturated carbocycles. The van der Waals surface area contributed by atoms with Crippen LogP contribution in [0.25, 0.3) is 11.0 Å². The monoisotopic (exact) mass is 280 g/mol. The largest absolute Gasteiger partial charge is 0.506 e. The Hall–Kier alpha value is -3.08. The lowest BCUT2D eigenvalue weighted by atomic mass is 10.1. The number of nitrogens with zero attached hydrogens (tertiary/aromatic N) is 1. The average molecular weight is 280 g/mol. The highest BCUT2D eigenvalue weighted by Gasteiger charge is 2.11. The van der Waals surface area contributed by atoms with Crippen LogP contribution < -0.4 is 11.4 Å². The zero-order valence-corrected chi connectivity index (χ0v) is 11.0. The molecule has 5 nitrogen and oxygen atoms in total. The van der Waals surface area contributed by atoms with E-state index in [1.54, 1.807) is 48.5 Å². The summed E-state index contributed by atoms with van der Waals surface area (Å²) in [6.45, 7) is 0. The molecule has 0 saturated heterocycles. The van der Waals surface area contributed by atoms with Gasteiger partial charge in [-0.25, -0.2) is 4.79 Å². The first-order chi connectivity index (χ1) is 10.2. The zero-order valence-electron chi connectivity index (χ0n) is 11.0. The first kappa shape index (κ1) is 12.9. The van der Waals surface area contributed by atoms with E-state index in [0.717, 1.165) is 0 Å². The van der Waals surface area contributed by atoms with Crippen LogP contribution in [-0.2, 0) is 0 Å². The van der Waals surface area contributed by atoms with Crippen molar-refractivity contribution in [1.29, 1.82) is 0 Å². The van der Waals surface area contributed by atoms with E-state index in [1.165, 1.54) is 6.21 Å². The topological polar surface area (TPSA) is 88.8 Å². The van der Waals surface area contributed by atoms with Gasteiger partial charge in [-0.3, -0.25) is 4.99 Å². The van der Waals surface area contributed by atoms with Gasteiger partial charge in [-0.2, -0.15) is 0 Å². The van der Waals surface area contributed by atoms with Gasteiger partial charge in [0, 0.05) is 6.21 Å². The van der Waals surface area contributed by atoms with E-state index >= 15 is 0 Å². The van der Waals surface area contributed by atoms with Crippen molar-refractivity contribution in [2.75, 3.05) is 5.73 Å². The molecule has 0 amide bonds. The maximum atomic E-state index is 11.9. The average Bonchev–Trinajstić information content (AvgIpc) is 2.49. The number of benzene rings is 2. The van der Waals surface area contributed by atoms with Crippen molar-refractivity contribution in [3.05, 3.63) is 64.5 Å². The smallest absolute Gasteiger partial charge is 0.348 e. The number of rotatable bonds is 2. The van der Waals surface area contributed by atoms with Crippen LogP contribution in [0.3, 0.4) is 0 Å². The molecule has 0 radical (unpaired) electrons. The Bertz CT molecular complexity index is 897. The van der Waals surface area contributed by atoms with Gasteiger partial charge in [0.1, 0.15) is 16.9 Å². The lowest BCUT2D eigenvalue weighted by molar-refractivity contribution is 0.466. The second-order valence-electron chi connectivity index (χ2n) is 4.46. The fourth-order valence-corrected chi connectivity index (χ4v) is 2.00. The third-order valence-corrected chi connectivity index (χ3v) is 3.09. The molecule has 0 unspecified atom stereocenters. The molecule has 3 aromatic rings. The highest BCUT2D eigenvalue weighted by atomic mass is 16.4. The van der Waals surface area contributed by atoms with Crippen LogP contribution in [-0.4, -0.2) is 11.3 Å². The number of aromatic hydroxyl groups is 1. The van der Waals surface area contributed by atoms with Crippen LogP contribution in [0.2, 0.25) is 0 Å². The van der Waals surface area contributed by atoms with E-state index in [0.29, 0.717) is 22.3 Å². The normalized spacial score (nSPS) is 11.2. The summed E-state index contributed by atoms with van der Waals surface area (Å²) in [5.41, 5.74) is 6.45. The lowest BCUT2D eigenvalue weighted by Crippen LogP contribution is -2.06. The molecule has 5 heteroatoms. The molecule has 0 aliphatic rings. The number of hydrogen-bond acceptors (Lipinski definition) is 5. The quantitative estimate of drug-likeness (QED) is 0.429. The lowest BCUT2D eigenvalue weighted by Gasteiger charge is -2.02. The van der Waals surface area contributed by atoms with E-state index in [2.05, 4.69) is 4.99 Å². The summed E-state index contributed by atoms with van der Waals surface area (Å²) in [6, 6.07) is 13.7. The molecule has 0 aliphatic carbocycles. The molecular formula is C16H12N2O3. The summed E-state index contributed by atoms with van der Waals surface area (Å²) < 4.78 is 5.15. The predicted octanol–water partition coefficient (Wildman–Crippen LogP) is 2.83. The summed E-state index contributed by atoms with van der Waals surface area (Å²) in [7, 11) is 0. The van der Waals surface area contributed by atoms with Crippen LogP contribution in [0.4, 0.5) is 11.4 Å². The molecule has 0 spiro atoms. The summed E-state index contributed by atoms with van der Waals surface area (Å²) in [6.07, 6.45) is 1.26. The standard InChI is InChI=1S/C16H12N2O3/c17-12-6-2-3-7-13(12)18-9-11-15(19)10-5-1-4-8-14(10)21-16(11)20/h1-9,19H,17H2. The van der Waals surface area contributed by atoms with Gasteiger partial charge in [-0.15, -0.1) is 0 Å². The first-order valence-electron chi connectivity index (χ1n) is 6.30. The highest BCUT2D eigenvalue weighted by molar-refractivity contribution is 5.94. The van der Waals surface area contributed by atoms with Crippen molar-refractivity contribution in [3.8, 4) is 5.75 Å². The number of para-hydroxylation sites is 3. The molecule has 104 valence electrons. The van der Waals surface area contributed by atoms with Gasteiger partial charge in [-0.1, -0.05) is 24.3 Å². The minimum Gasteiger partial charge on any atom is -0.506 e. The van der Waals surface area contributed by atoms with Gasteiger partial charge in [-0.05, 0) is 24.3 Å². The Morgan fingerprint density at radius 3 is 2.62 bits per heavy atom. The maximum Gasteiger partial charge on any atom is 0.348 e. The number of fused-ring (bicyclic) bond motifs is 1. The van der Waals surface area contributed by atoms with Crippen LogP contribution >= 0.6 is 0 Å². The molecule has 3 rings (SSSR count). The molecule has 3 N–H and O–H groups in total. The number of hydrogen-bond donors (Lipinski definition) is 2. The van der Waals surface area contributed by atoms with Gasteiger partial charge >= 0.3 is 5.63 Å². The van der Waals surface area contributed by atoms with E-state index < -0.39 is 5.63 Å². The zero-order chi connectivity index (χ0) is 14.8. The molecule has 2 aromatic carbocycles. The number of aliphatic imine (C=N–C) groups is 1. The summed E-state index contributed by atoms with van der Waals surface area (Å²) in [5.74, 6) is -0.153. The Kier molecular flexibility index (Phi) is 3.16. The fraction of sp³-hybridized carbons (Fsp3) is 0. The molecule has 21 heavy (non-hydrogen) atoms. The van der Waals surface area contributed by atoms with Gasteiger partial charge < -0.3 is 15.3 Å². The first-order valence-corrected chi connectivity index (χ1v) is 6.30. The Morgan fingerprint density at radius 2 is 1.81 bits per heavy atom. The molecule has 0 atom stereocenters. The van der Waals surface area contributed by atoms with Crippen molar-refractivity contribution in [2.45, 2.75) is 0 Å². The highest BCUT2D eigenvalue weighted by Crippen LogP contribution is 2.26. The van der Waals surface area contributed by atoms with Gasteiger partial charge in [0.2, 0.25) is 0 Å². The van der Waals surface area contributed by atoms with Crippen LogP contribution in [0.15, 0.2) is 62.7 Å². The van der Waals surface area contributed by atoms with Crippen molar-refractivity contribution in [3.63, 3.8) is 0 Å². The molecule has 0 bridgehead atoms. The Labute approximate surface area is 120 Å². The van der Waals surface area contributed by atoms with Crippen molar-refractivity contribution in [1.82, 2.24) is 0 Å². The van der Waals surface area contributed by atoms with Crippen LogP contribution in [0.1, 0.15) is 5.56 Å². The van der Waals surface area contributed by atoms with E-state index in [4.69, 9.17) is 10.2 Å². The summed E-state index contributed by atoms with van der Waals surface area (Å²) >= 11 is 0. The van der Waals surface area contributed by atoms with E-state index in [9.17, 15) is 9.90 Å². The second-order valence-corrected chi connectivity index (χ2v) is 4.46. The van der Waals surface area contributed by atoms with Crippen molar-refractivity contribution >= 4 is 28.6 Å². The Balaban J connectivity index is 2.13. The number of nitrogens with two attached hydrogens (primary N) is 1. The molecular weight excluding hydrogens is 268 g/mol. The van der Waals surface area contributed by atoms with E-state index in [-0.39, 0.29) is 11.3 Å². The minimum atomic E-state index is -0.649. The summed E-state index contributed by atoms with van der Waals surface area (Å²) in [5, 5.41) is 10.7. The van der Waals surface area contributed by atoms with Gasteiger partial charge in [0.15, 0.2) is 0 Å². The third kappa shape index (κ3) is 2.36. The van der Waals surface area contributed by atoms with Crippen LogP contribution in [0, 0.1) is 0 Å². The maximum absolute atomic E-state index is 11.9. The van der Waals surface area contributed by atoms with Crippen molar-refractivity contribution in [2.24, 2.45) is 4.99 Å². The minimum absolute atomic E-state index is 0.00282. The van der Waals surface area contributed by atoms with E-state index in [1.807, 2.05) is 0 Å². The van der Waals surface area contributed by atoms with Gasteiger partial charge in [0.05, 0.1) is 16.8 Å². The fourth-order valence-electron chi connectivity index (χ4n) is 2.00. The third-order valence-electron chi connectivity index (χ3n) is 3.09. The SMILES string of the molecule is Nc1ccccc1N=Cc1c(O)c2ccccc2oc1=O. The number of anilines is 1. The molecule has 0 fully saturated rings. The predicted molar refractivity (Wildman–Crippen MR) is 82.3 cm³/mol. The Morgan fingerprint density at radius 1 is 1.10 bits per heavy atom. The molecule has 1 aromatic heterocycles. The molecule has 0 aliphatic heterocycles. The number of nitrogen functional groups attached to an aromatic ring is 1. The van der Waals surface area contributed by atoms with Crippen molar-refractivity contribution < 1.29 is 9.52 Å². The van der Waals surface area contributed by atoms with Gasteiger partial charge in [0.25, 0.3) is 0 Å². The van der Waals surface area contributed by atoms with Crippen LogP contribution in [0.5, 0.6) is 5.75 Å².